The number of carbonyl (C=O) groups is 3. The van der Waals surface area contributed by atoms with E-state index >= 15 is 0 Å². The lowest BCUT2D eigenvalue weighted by molar-refractivity contribution is -0.125. The zero-order valence-electron chi connectivity index (χ0n) is 8.77. The Morgan fingerprint density at radius 1 is 1.25 bits per heavy atom. The molecule has 2 heterocycles. The zero-order chi connectivity index (χ0) is 11.5. The molecular formula is C9H13N3O3S. The number of nitrogens with zero attached hydrogens (tertiary/aromatic N) is 2. The fourth-order valence-electron chi connectivity index (χ4n) is 1.72. The van der Waals surface area contributed by atoms with E-state index in [1.54, 1.807) is 0 Å². The van der Waals surface area contributed by atoms with E-state index < -0.39 is 0 Å². The van der Waals surface area contributed by atoms with E-state index in [2.05, 4.69) is 5.32 Å². The molecule has 0 aromatic heterocycles. The van der Waals surface area contributed by atoms with Crippen LogP contribution in [-0.4, -0.2) is 65.3 Å². The number of amides is 3. The molecule has 0 atom stereocenters. The van der Waals surface area contributed by atoms with Crippen LogP contribution < -0.4 is 5.32 Å². The van der Waals surface area contributed by atoms with E-state index in [0.29, 0.717) is 26.2 Å². The van der Waals surface area contributed by atoms with Gasteiger partial charge in [-0.05, 0) is 0 Å². The molecule has 1 N–H and O–H groups in total. The molecule has 88 valence electrons. The average molecular weight is 243 g/mol. The second-order valence-electron chi connectivity index (χ2n) is 3.73. The monoisotopic (exact) mass is 243 g/mol. The fraction of sp³-hybridized carbons (Fsp3) is 0.667. The molecule has 0 saturated carbocycles. The summed E-state index contributed by atoms with van der Waals surface area (Å²) in [5.41, 5.74) is 0. The summed E-state index contributed by atoms with van der Waals surface area (Å²) in [6, 6.07) is 0. The van der Waals surface area contributed by atoms with Crippen LogP contribution in [0.4, 0.5) is 4.79 Å². The molecule has 3 amide bonds. The Hall–Kier alpha value is -1.08. The standard InChI is InChI=1S/C9H13N3O3S/c13-7-5-11(2-1-10-7)3-4-12-8(14)6-16-9(12)15/h1-6H2,(H,10,13). The van der Waals surface area contributed by atoms with Gasteiger partial charge in [0.2, 0.25) is 11.8 Å². The second kappa shape index (κ2) is 4.84. The molecule has 2 saturated heterocycles. The van der Waals surface area contributed by atoms with Gasteiger partial charge in [0.1, 0.15) is 0 Å². The maximum Gasteiger partial charge on any atom is 0.288 e. The summed E-state index contributed by atoms with van der Waals surface area (Å²) < 4.78 is 0. The van der Waals surface area contributed by atoms with Crippen molar-refractivity contribution in [2.24, 2.45) is 0 Å². The predicted octanol–water partition coefficient (Wildman–Crippen LogP) is -0.886. The SMILES string of the molecule is O=C1CN(CCN2C(=O)CSC2=O)CCN1. The summed E-state index contributed by atoms with van der Waals surface area (Å²) in [5.74, 6) is 0.121. The minimum absolute atomic E-state index is 0.000278. The average Bonchev–Trinajstić information content (AvgIpc) is 2.56. The maximum absolute atomic E-state index is 11.3. The fourth-order valence-corrected chi connectivity index (χ4v) is 2.47. The van der Waals surface area contributed by atoms with E-state index in [9.17, 15) is 14.4 Å². The van der Waals surface area contributed by atoms with Crippen molar-refractivity contribution in [2.75, 3.05) is 38.5 Å². The lowest BCUT2D eigenvalue weighted by Gasteiger charge is -2.27. The third-order valence-corrected chi connectivity index (χ3v) is 3.46. The number of rotatable bonds is 3. The predicted molar refractivity (Wildman–Crippen MR) is 59.0 cm³/mol. The van der Waals surface area contributed by atoms with Crippen molar-refractivity contribution in [1.82, 2.24) is 15.1 Å². The van der Waals surface area contributed by atoms with Gasteiger partial charge in [-0.2, -0.15) is 0 Å². The minimum atomic E-state index is -0.175. The van der Waals surface area contributed by atoms with Crippen LogP contribution in [0.5, 0.6) is 0 Å². The van der Waals surface area contributed by atoms with Crippen LogP contribution >= 0.6 is 11.8 Å². The molecular weight excluding hydrogens is 230 g/mol. The minimum Gasteiger partial charge on any atom is -0.354 e. The molecule has 2 fully saturated rings. The van der Waals surface area contributed by atoms with Gasteiger partial charge in [-0.3, -0.25) is 24.2 Å². The largest absolute Gasteiger partial charge is 0.354 e. The molecule has 16 heavy (non-hydrogen) atoms. The Bertz CT molecular complexity index is 318. The maximum atomic E-state index is 11.3. The van der Waals surface area contributed by atoms with Gasteiger partial charge in [-0.1, -0.05) is 11.8 Å². The van der Waals surface area contributed by atoms with Gasteiger partial charge in [-0.25, -0.2) is 0 Å². The number of imide groups is 1. The summed E-state index contributed by atoms with van der Waals surface area (Å²) in [4.78, 5) is 36.9. The first-order valence-corrected chi connectivity index (χ1v) is 6.11. The van der Waals surface area contributed by atoms with Gasteiger partial charge in [0.25, 0.3) is 5.24 Å². The number of nitrogens with one attached hydrogen (secondary N) is 1. The van der Waals surface area contributed by atoms with Crippen LogP contribution in [0.2, 0.25) is 0 Å². The quantitative estimate of drug-likeness (QED) is 0.696. The Labute approximate surface area is 97.3 Å². The van der Waals surface area contributed by atoms with Crippen LogP contribution in [0.1, 0.15) is 0 Å². The summed E-state index contributed by atoms with van der Waals surface area (Å²) >= 11 is 1.04. The molecule has 0 aromatic carbocycles. The molecule has 6 nitrogen and oxygen atoms in total. The van der Waals surface area contributed by atoms with Crippen LogP contribution in [0.3, 0.4) is 0 Å². The Morgan fingerprint density at radius 2 is 2.06 bits per heavy atom. The van der Waals surface area contributed by atoms with Crippen molar-refractivity contribution in [1.29, 1.82) is 0 Å². The number of thioether (sulfide) groups is 1. The van der Waals surface area contributed by atoms with Gasteiger partial charge in [0, 0.05) is 26.2 Å². The molecule has 7 heteroatoms. The van der Waals surface area contributed by atoms with Crippen molar-refractivity contribution in [3.63, 3.8) is 0 Å². The number of hydrogen-bond acceptors (Lipinski definition) is 5. The highest BCUT2D eigenvalue weighted by Gasteiger charge is 2.30. The third-order valence-electron chi connectivity index (χ3n) is 2.60. The number of carbonyl (C=O) groups excluding carboxylic acids is 3. The normalized spacial score (nSPS) is 22.8. The van der Waals surface area contributed by atoms with Gasteiger partial charge < -0.3 is 5.32 Å². The van der Waals surface area contributed by atoms with Crippen LogP contribution in [0, 0.1) is 0 Å². The van der Waals surface area contributed by atoms with Crippen molar-refractivity contribution >= 4 is 28.8 Å². The first-order valence-electron chi connectivity index (χ1n) is 5.13. The van der Waals surface area contributed by atoms with Gasteiger partial charge >= 0.3 is 0 Å². The van der Waals surface area contributed by atoms with E-state index in [4.69, 9.17) is 0 Å². The highest BCUT2D eigenvalue weighted by atomic mass is 32.2. The summed E-state index contributed by atoms with van der Waals surface area (Å²) in [7, 11) is 0. The molecule has 2 rings (SSSR count). The first-order chi connectivity index (χ1) is 7.66. The molecule has 0 bridgehead atoms. The van der Waals surface area contributed by atoms with Crippen molar-refractivity contribution < 1.29 is 14.4 Å². The summed E-state index contributed by atoms with van der Waals surface area (Å²) in [5, 5.41) is 2.55. The van der Waals surface area contributed by atoms with Crippen LogP contribution in [0.25, 0.3) is 0 Å². The molecule has 2 aliphatic rings. The summed E-state index contributed by atoms with van der Waals surface area (Å²) in [6.07, 6.45) is 0. The molecule has 2 aliphatic heterocycles. The smallest absolute Gasteiger partial charge is 0.288 e. The van der Waals surface area contributed by atoms with Gasteiger partial charge in [0.05, 0.1) is 12.3 Å². The first kappa shape index (κ1) is 11.4. The van der Waals surface area contributed by atoms with E-state index in [0.717, 1.165) is 18.3 Å². The van der Waals surface area contributed by atoms with Crippen molar-refractivity contribution in [3.8, 4) is 0 Å². The van der Waals surface area contributed by atoms with Gasteiger partial charge in [0.15, 0.2) is 0 Å². The Balaban J connectivity index is 1.80. The second-order valence-corrected chi connectivity index (χ2v) is 4.65. The number of piperazine rings is 1. The third kappa shape index (κ3) is 2.53. The van der Waals surface area contributed by atoms with E-state index in [1.807, 2.05) is 4.90 Å². The highest BCUT2D eigenvalue weighted by molar-refractivity contribution is 8.14. The Morgan fingerprint density at radius 3 is 2.69 bits per heavy atom. The molecule has 0 aliphatic carbocycles. The van der Waals surface area contributed by atoms with Crippen LogP contribution in [0.15, 0.2) is 0 Å². The van der Waals surface area contributed by atoms with Crippen molar-refractivity contribution in [2.45, 2.75) is 0 Å². The molecule has 0 radical (unpaired) electrons. The summed E-state index contributed by atoms with van der Waals surface area (Å²) in [6.45, 7) is 2.72. The van der Waals surface area contributed by atoms with Gasteiger partial charge in [-0.15, -0.1) is 0 Å². The zero-order valence-corrected chi connectivity index (χ0v) is 9.59. The molecule has 0 spiro atoms. The topological polar surface area (TPSA) is 69.7 Å². The molecule has 0 aromatic rings. The molecule has 0 unspecified atom stereocenters. The van der Waals surface area contributed by atoms with E-state index in [-0.39, 0.29) is 22.8 Å². The Kier molecular flexibility index (Phi) is 3.45. The highest BCUT2D eigenvalue weighted by Crippen LogP contribution is 2.18. The van der Waals surface area contributed by atoms with Crippen molar-refractivity contribution in [3.05, 3.63) is 0 Å². The number of hydrogen-bond donors (Lipinski definition) is 1. The lowest BCUT2D eigenvalue weighted by Crippen LogP contribution is -2.50. The lowest BCUT2D eigenvalue weighted by atomic mass is 10.3. The van der Waals surface area contributed by atoms with Crippen LogP contribution in [-0.2, 0) is 9.59 Å². The van der Waals surface area contributed by atoms with E-state index in [1.165, 1.54) is 4.90 Å².